The highest BCUT2D eigenvalue weighted by atomic mass is 19.1. The number of amides is 1. The molecule has 3 saturated heterocycles. The summed E-state index contributed by atoms with van der Waals surface area (Å²) in [5, 5.41) is 0. The molecule has 0 aromatic heterocycles. The van der Waals surface area contributed by atoms with Crippen molar-refractivity contribution in [1.29, 1.82) is 0 Å². The van der Waals surface area contributed by atoms with Gasteiger partial charge in [-0.3, -0.25) is 14.5 Å². The smallest absolute Gasteiger partial charge is 0.254 e. The fourth-order valence-electron chi connectivity index (χ4n) is 5.99. The van der Waals surface area contributed by atoms with Crippen LogP contribution in [0.3, 0.4) is 0 Å². The minimum Gasteiger partial charge on any atom is -0.366 e. The molecule has 1 aromatic rings. The maximum Gasteiger partial charge on any atom is 0.254 e. The van der Waals surface area contributed by atoms with Crippen molar-refractivity contribution in [3.8, 4) is 0 Å². The third-order valence-electron chi connectivity index (χ3n) is 8.92. The van der Waals surface area contributed by atoms with E-state index in [9.17, 15) is 14.4 Å². The molecule has 4 rings (SSSR count). The highest BCUT2D eigenvalue weighted by Crippen LogP contribution is 2.31. The predicted octanol–water partition coefficient (Wildman–Crippen LogP) is 3.71. The summed E-state index contributed by atoms with van der Waals surface area (Å²) >= 11 is 0. The van der Waals surface area contributed by atoms with Crippen LogP contribution in [0, 0.1) is 17.7 Å². The quantitative estimate of drug-likeness (QED) is 0.444. The number of hydrogen-bond acceptors (Lipinski definition) is 6. The second kappa shape index (κ2) is 12.5. The lowest BCUT2D eigenvalue weighted by Gasteiger charge is -2.49. The van der Waals surface area contributed by atoms with Gasteiger partial charge in [-0.15, -0.1) is 0 Å². The van der Waals surface area contributed by atoms with Crippen molar-refractivity contribution in [2.24, 2.45) is 11.8 Å². The molecule has 0 radical (unpaired) electrons. The number of halogens is 1. The molecule has 204 valence electrons. The second-order valence-electron chi connectivity index (χ2n) is 11.5. The van der Waals surface area contributed by atoms with Gasteiger partial charge in [-0.1, -0.05) is 6.92 Å². The van der Waals surface area contributed by atoms with Crippen LogP contribution >= 0.6 is 0 Å². The Kier molecular flexibility index (Phi) is 9.35. The summed E-state index contributed by atoms with van der Waals surface area (Å²) in [6.45, 7) is 11.6. The summed E-state index contributed by atoms with van der Waals surface area (Å²) in [4.78, 5) is 44.1. The molecule has 0 N–H and O–H groups in total. The molecule has 3 heterocycles. The molecular weight excluding hydrogens is 471 g/mol. The van der Waals surface area contributed by atoms with Gasteiger partial charge in [0.15, 0.2) is 6.29 Å². The number of carbonyl (C=O) groups is 3. The number of rotatable bonds is 10. The van der Waals surface area contributed by atoms with E-state index in [4.69, 9.17) is 0 Å². The summed E-state index contributed by atoms with van der Waals surface area (Å²) in [5.74, 6) is 0.760. The molecule has 37 heavy (non-hydrogen) atoms. The minimum absolute atomic E-state index is 0.0685. The normalized spacial score (nSPS) is 21.5. The number of likely N-dealkylation sites (tertiary alicyclic amines) is 2. The van der Waals surface area contributed by atoms with Crippen molar-refractivity contribution in [3.05, 3.63) is 29.1 Å². The third-order valence-corrected chi connectivity index (χ3v) is 8.92. The standard InChI is InChI=1S/C29H43FN4O3/c1-21-6-10-32(11-7-21)17-23-8-12-33(13-9-23)25-18-34(19-25)28-15-24(20-36)26(16-27(28)30)29(37)31(3)22(2)5-4-14-35/h14-16,20-23,25H,4-13,17-19H2,1-3H3. The Morgan fingerprint density at radius 1 is 1.11 bits per heavy atom. The van der Waals surface area contributed by atoms with Crippen LogP contribution in [0.5, 0.6) is 0 Å². The average Bonchev–Trinajstić information content (AvgIpc) is 2.88. The maximum absolute atomic E-state index is 15.1. The Morgan fingerprint density at radius 2 is 1.78 bits per heavy atom. The van der Waals surface area contributed by atoms with Gasteiger partial charge in [-0.05, 0) is 89.2 Å². The highest BCUT2D eigenvalue weighted by Gasteiger charge is 2.36. The lowest BCUT2D eigenvalue weighted by molar-refractivity contribution is -0.108. The van der Waals surface area contributed by atoms with Gasteiger partial charge < -0.3 is 19.5 Å². The van der Waals surface area contributed by atoms with Gasteiger partial charge >= 0.3 is 0 Å². The molecule has 7 nitrogen and oxygen atoms in total. The van der Waals surface area contributed by atoms with E-state index in [0.717, 1.165) is 44.3 Å². The van der Waals surface area contributed by atoms with Gasteiger partial charge in [0.25, 0.3) is 5.91 Å². The van der Waals surface area contributed by atoms with Crippen molar-refractivity contribution in [3.63, 3.8) is 0 Å². The Morgan fingerprint density at radius 3 is 2.41 bits per heavy atom. The van der Waals surface area contributed by atoms with E-state index in [2.05, 4.69) is 16.7 Å². The van der Waals surface area contributed by atoms with Crippen molar-refractivity contribution in [2.75, 3.05) is 57.8 Å². The molecule has 0 aliphatic carbocycles. The van der Waals surface area contributed by atoms with Crippen LogP contribution in [0.2, 0.25) is 0 Å². The minimum atomic E-state index is -0.476. The molecule has 3 fully saturated rings. The van der Waals surface area contributed by atoms with Gasteiger partial charge in [0.05, 0.1) is 11.3 Å². The van der Waals surface area contributed by atoms with E-state index in [-0.39, 0.29) is 17.2 Å². The second-order valence-corrected chi connectivity index (χ2v) is 11.5. The topological polar surface area (TPSA) is 64.2 Å². The van der Waals surface area contributed by atoms with Crippen molar-refractivity contribution < 1.29 is 18.8 Å². The van der Waals surface area contributed by atoms with Crippen LogP contribution in [0.15, 0.2) is 12.1 Å². The Balaban J connectivity index is 1.30. The molecular formula is C29H43FN4O3. The van der Waals surface area contributed by atoms with E-state index < -0.39 is 11.7 Å². The van der Waals surface area contributed by atoms with E-state index >= 15 is 4.39 Å². The average molecular weight is 515 g/mol. The van der Waals surface area contributed by atoms with Crippen LogP contribution in [0.4, 0.5) is 10.1 Å². The van der Waals surface area contributed by atoms with E-state index in [1.54, 1.807) is 7.05 Å². The van der Waals surface area contributed by atoms with Crippen LogP contribution < -0.4 is 4.90 Å². The number of nitrogens with zero attached hydrogens (tertiary/aromatic N) is 4. The van der Waals surface area contributed by atoms with E-state index in [0.29, 0.717) is 30.9 Å². The first-order valence-corrected chi connectivity index (χ1v) is 14.0. The number of benzene rings is 1. The maximum atomic E-state index is 15.1. The summed E-state index contributed by atoms with van der Waals surface area (Å²) in [5.41, 5.74) is 0.659. The molecule has 3 aliphatic rings. The Bertz CT molecular complexity index is 951. The highest BCUT2D eigenvalue weighted by molar-refractivity contribution is 6.02. The number of aldehydes is 2. The summed E-state index contributed by atoms with van der Waals surface area (Å²) < 4.78 is 15.1. The number of piperidine rings is 2. The van der Waals surface area contributed by atoms with Crippen molar-refractivity contribution in [2.45, 2.75) is 64.5 Å². The van der Waals surface area contributed by atoms with E-state index in [1.807, 2.05) is 11.8 Å². The zero-order valence-electron chi connectivity index (χ0n) is 22.7. The van der Waals surface area contributed by atoms with Gasteiger partial charge in [0, 0.05) is 50.7 Å². The lowest BCUT2D eigenvalue weighted by Crippen LogP contribution is -2.61. The SMILES string of the molecule is CC1CCN(CC2CCN(C3CN(c4cc(C=O)c(C(=O)N(C)C(C)CCC=O)cc4F)C3)CC2)CC1. The monoisotopic (exact) mass is 514 g/mol. The Hall–Kier alpha value is -2.32. The fourth-order valence-corrected chi connectivity index (χ4v) is 5.99. The third kappa shape index (κ3) is 6.58. The zero-order chi connectivity index (χ0) is 26.5. The summed E-state index contributed by atoms with van der Waals surface area (Å²) in [6, 6.07) is 2.93. The molecule has 1 unspecified atom stereocenters. The molecule has 0 saturated carbocycles. The first kappa shape index (κ1) is 27.7. The van der Waals surface area contributed by atoms with Gasteiger partial charge in [-0.2, -0.15) is 0 Å². The number of carbonyl (C=O) groups excluding carboxylic acids is 3. The first-order valence-electron chi connectivity index (χ1n) is 14.0. The van der Waals surface area contributed by atoms with Gasteiger partial charge in [-0.25, -0.2) is 4.39 Å². The van der Waals surface area contributed by atoms with Crippen LogP contribution in [-0.4, -0.2) is 98.1 Å². The van der Waals surface area contributed by atoms with Crippen molar-refractivity contribution >= 4 is 24.2 Å². The van der Waals surface area contributed by atoms with E-state index in [1.165, 1.54) is 62.4 Å². The number of hydrogen-bond donors (Lipinski definition) is 0. The Labute approximate surface area is 220 Å². The van der Waals surface area contributed by atoms with Gasteiger partial charge in [0.1, 0.15) is 12.1 Å². The predicted molar refractivity (Wildman–Crippen MR) is 144 cm³/mol. The van der Waals surface area contributed by atoms with Gasteiger partial charge in [0.2, 0.25) is 0 Å². The summed E-state index contributed by atoms with van der Waals surface area (Å²) in [7, 11) is 1.62. The van der Waals surface area contributed by atoms with Crippen molar-refractivity contribution in [1.82, 2.24) is 14.7 Å². The molecule has 8 heteroatoms. The fraction of sp³-hybridized carbons (Fsp3) is 0.690. The lowest BCUT2D eigenvalue weighted by atomic mass is 9.92. The first-order chi connectivity index (χ1) is 17.8. The molecule has 0 spiro atoms. The van der Waals surface area contributed by atoms with Crippen LogP contribution in [-0.2, 0) is 4.79 Å². The zero-order valence-corrected chi connectivity index (χ0v) is 22.7. The molecule has 1 aromatic carbocycles. The number of anilines is 1. The molecule has 1 amide bonds. The molecule has 1 atom stereocenters. The summed E-state index contributed by atoms with van der Waals surface area (Å²) in [6.07, 6.45) is 7.41. The molecule has 0 bridgehead atoms. The largest absolute Gasteiger partial charge is 0.366 e. The molecule has 3 aliphatic heterocycles. The van der Waals surface area contributed by atoms with Crippen LogP contribution in [0.25, 0.3) is 0 Å². The van der Waals surface area contributed by atoms with Crippen LogP contribution in [0.1, 0.15) is 73.1 Å².